The van der Waals surface area contributed by atoms with Gasteiger partial charge in [-0.05, 0) is 18.6 Å². The van der Waals surface area contributed by atoms with Crippen molar-refractivity contribution in [2.75, 3.05) is 25.2 Å². The minimum Gasteiger partial charge on any atom is -0.495 e. The first kappa shape index (κ1) is 13.2. The van der Waals surface area contributed by atoms with Gasteiger partial charge in [-0.1, -0.05) is 0 Å². The Morgan fingerprint density at radius 2 is 2.16 bits per heavy atom. The highest BCUT2D eigenvalue weighted by Crippen LogP contribution is 2.26. The third-order valence-corrected chi connectivity index (χ3v) is 3.22. The number of likely N-dealkylation sites (tertiary alicyclic amines) is 1. The summed E-state index contributed by atoms with van der Waals surface area (Å²) in [6, 6.07) is 4.83. The summed E-state index contributed by atoms with van der Waals surface area (Å²) in [6.07, 6.45) is 0.862. The minimum atomic E-state index is -0.393. The Labute approximate surface area is 111 Å². The minimum absolute atomic E-state index is 0.141. The molecule has 1 aliphatic heterocycles. The van der Waals surface area contributed by atoms with Gasteiger partial charge in [0.15, 0.2) is 0 Å². The normalized spacial score (nSPS) is 19.5. The van der Waals surface area contributed by atoms with Gasteiger partial charge in [-0.2, -0.15) is 0 Å². The van der Waals surface area contributed by atoms with Crippen LogP contribution in [0.15, 0.2) is 18.2 Å². The first-order valence-corrected chi connectivity index (χ1v) is 6.03. The number of anilines is 2. The quantitative estimate of drug-likeness (QED) is 0.623. The van der Waals surface area contributed by atoms with Crippen molar-refractivity contribution in [2.24, 2.45) is 0 Å². The van der Waals surface area contributed by atoms with Crippen LogP contribution in [-0.4, -0.2) is 36.9 Å². The number of benzene rings is 1. The first-order chi connectivity index (χ1) is 9.02. The Balaban J connectivity index is 2.13. The molecule has 1 aliphatic rings. The number of methoxy groups -OCH3 is 1. The zero-order valence-electron chi connectivity index (χ0n) is 11.0. The molecule has 6 nitrogen and oxygen atoms in total. The van der Waals surface area contributed by atoms with E-state index in [0.29, 0.717) is 24.3 Å². The van der Waals surface area contributed by atoms with Crippen LogP contribution in [0, 0.1) is 0 Å². The van der Waals surface area contributed by atoms with Crippen molar-refractivity contribution in [3.63, 3.8) is 0 Å². The molecular weight excluding hydrogens is 246 g/mol. The molecule has 102 valence electrons. The SMILES string of the molecule is COc1cc(NC2CCC(=O)N(C)C2=O)ccc1N. The van der Waals surface area contributed by atoms with E-state index in [1.165, 1.54) is 14.2 Å². The Bertz CT molecular complexity index is 516. The lowest BCUT2D eigenvalue weighted by atomic mass is 10.0. The van der Waals surface area contributed by atoms with Crippen LogP contribution < -0.4 is 15.8 Å². The topological polar surface area (TPSA) is 84.7 Å². The van der Waals surface area contributed by atoms with Crippen molar-refractivity contribution in [3.8, 4) is 5.75 Å². The summed E-state index contributed by atoms with van der Waals surface area (Å²) in [4.78, 5) is 24.5. The molecule has 6 heteroatoms. The largest absolute Gasteiger partial charge is 0.495 e. The van der Waals surface area contributed by atoms with E-state index in [1.807, 2.05) is 0 Å². The number of carbonyl (C=O) groups excluding carboxylic acids is 2. The van der Waals surface area contributed by atoms with Gasteiger partial charge >= 0.3 is 0 Å². The maximum atomic E-state index is 11.9. The van der Waals surface area contributed by atoms with E-state index < -0.39 is 6.04 Å². The number of nitrogen functional groups attached to an aromatic ring is 1. The molecule has 0 aliphatic carbocycles. The summed E-state index contributed by atoms with van der Waals surface area (Å²) in [5.74, 6) is 0.197. The van der Waals surface area contributed by atoms with Gasteiger partial charge < -0.3 is 15.8 Å². The van der Waals surface area contributed by atoms with E-state index in [4.69, 9.17) is 10.5 Å². The lowest BCUT2D eigenvalue weighted by molar-refractivity contribution is -0.146. The highest BCUT2D eigenvalue weighted by atomic mass is 16.5. The van der Waals surface area contributed by atoms with Gasteiger partial charge in [0.25, 0.3) is 5.91 Å². The maximum absolute atomic E-state index is 11.9. The van der Waals surface area contributed by atoms with Crippen LogP contribution >= 0.6 is 0 Å². The fourth-order valence-electron chi connectivity index (χ4n) is 2.05. The van der Waals surface area contributed by atoms with Gasteiger partial charge in [0, 0.05) is 25.2 Å². The highest BCUT2D eigenvalue weighted by molar-refractivity contribution is 6.01. The molecule has 0 aromatic heterocycles. The molecule has 0 radical (unpaired) electrons. The van der Waals surface area contributed by atoms with Crippen LogP contribution in [0.4, 0.5) is 11.4 Å². The van der Waals surface area contributed by atoms with E-state index in [-0.39, 0.29) is 11.8 Å². The molecule has 0 bridgehead atoms. The summed E-state index contributed by atoms with van der Waals surface area (Å²) in [6.45, 7) is 0. The van der Waals surface area contributed by atoms with Crippen LogP contribution in [0.25, 0.3) is 0 Å². The zero-order chi connectivity index (χ0) is 14.0. The Morgan fingerprint density at radius 1 is 1.42 bits per heavy atom. The summed E-state index contributed by atoms with van der Waals surface area (Å²) < 4.78 is 5.13. The van der Waals surface area contributed by atoms with Crippen molar-refractivity contribution < 1.29 is 14.3 Å². The summed E-state index contributed by atoms with van der Waals surface area (Å²) in [7, 11) is 3.04. The second-order valence-electron chi connectivity index (χ2n) is 4.48. The molecule has 19 heavy (non-hydrogen) atoms. The number of carbonyl (C=O) groups is 2. The van der Waals surface area contributed by atoms with E-state index in [9.17, 15) is 9.59 Å². The summed E-state index contributed by atoms with van der Waals surface area (Å²) in [5, 5.41) is 3.10. The molecule has 1 unspecified atom stereocenters. The van der Waals surface area contributed by atoms with Gasteiger partial charge in [-0.15, -0.1) is 0 Å². The molecule has 0 saturated carbocycles. The molecule has 1 aromatic rings. The Morgan fingerprint density at radius 3 is 2.84 bits per heavy atom. The van der Waals surface area contributed by atoms with Crippen LogP contribution in [0.5, 0.6) is 5.75 Å². The Hall–Kier alpha value is -2.24. The molecule has 1 fully saturated rings. The van der Waals surface area contributed by atoms with Crippen LogP contribution in [0.2, 0.25) is 0 Å². The second kappa shape index (κ2) is 5.17. The van der Waals surface area contributed by atoms with Crippen molar-refractivity contribution in [2.45, 2.75) is 18.9 Å². The smallest absolute Gasteiger partial charge is 0.251 e. The summed E-state index contributed by atoms with van der Waals surface area (Å²) in [5.41, 5.74) is 7.01. The van der Waals surface area contributed by atoms with Crippen LogP contribution in [-0.2, 0) is 9.59 Å². The van der Waals surface area contributed by atoms with E-state index >= 15 is 0 Å². The van der Waals surface area contributed by atoms with Crippen LogP contribution in [0.3, 0.4) is 0 Å². The summed E-state index contributed by atoms with van der Waals surface area (Å²) >= 11 is 0. The van der Waals surface area contributed by atoms with E-state index in [1.54, 1.807) is 18.2 Å². The van der Waals surface area contributed by atoms with Gasteiger partial charge in [0.1, 0.15) is 11.8 Å². The third kappa shape index (κ3) is 2.62. The lowest BCUT2D eigenvalue weighted by Gasteiger charge is -2.28. The van der Waals surface area contributed by atoms with Crippen molar-refractivity contribution in [1.82, 2.24) is 4.90 Å². The molecule has 2 amide bonds. The number of nitrogens with zero attached hydrogens (tertiary/aromatic N) is 1. The average molecular weight is 263 g/mol. The molecule has 1 aromatic carbocycles. The maximum Gasteiger partial charge on any atom is 0.251 e. The predicted octanol–water partition coefficient (Wildman–Crippen LogP) is 0.837. The molecule has 1 saturated heterocycles. The predicted molar refractivity (Wildman–Crippen MR) is 71.8 cm³/mol. The number of rotatable bonds is 3. The van der Waals surface area contributed by atoms with Gasteiger partial charge in [-0.3, -0.25) is 14.5 Å². The molecular formula is C13H17N3O3. The Kier molecular flexibility index (Phi) is 3.59. The standard InChI is InChI=1S/C13H17N3O3/c1-16-12(17)6-5-10(13(16)18)15-8-3-4-9(14)11(7-8)19-2/h3-4,7,10,15H,5-6,14H2,1-2H3. The lowest BCUT2D eigenvalue weighted by Crippen LogP contribution is -2.48. The van der Waals surface area contributed by atoms with Gasteiger partial charge in [-0.25, -0.2) is 0 Å². The van der Waals surface area contributed by atoms with Crippen molar-refractivity contribution >= 4 is 23.2 Å². The number of hydrogen-bond acceptors (Lipinski definition) is 5. The zero-order valence-corrected chi connectivity index (χ0v) is 11.0. The highest BCUT2D eigenvalue weighted by Gasteiger charge is 2.31. The van der Waals surface area contributed by atoms with E-state index in [0.717, 1.165) is 10.6 Å². The van der Waals surface area contributed by atoms with Crippen molar-refractivity contribution in [3.05, 3.63) is 18.2 Å². The second-order valence-corrected chi connectivity index (χ2v) is 4.48. The average Bonchev–Trinajstić information content (AvgIpc) is 2.41. The number of ether oxygens (including phenoxy) is 1. The molecule has 3 N–H and O–H groups in total. The van der Waals surface area contributed by atoms with Crippen LogP contribution in [0.1, 0.15) is 12.8 Å². The number of piperidine rings is 1. The number of likely N-dealkylation sites (N-methyl/N-ethyl adjacent to an activating group) is 1. The monoisotopic (exact) mass is 263 g/mol. The van der Waals surface area contributed by atoms with E-state index in [2.05, 4.69) is 5.32 Å². The van der Waals surface area contributed by atoms with Crippen molar-refractivity contribution in [1.29, 1.82) is 0 Å². The number of nitrogens with two attached hydrogens (primary N) is 1. The number of hydrogen-bond donors (Lipinski definition) is 2. The molecule has 1 atom stereocenters. The number of amides is 2. The number of imide groups is 1. The van der Waals surface area contributed by atoms with Gasteiger partial charge in [0.05, 0.1) is 12.8 Å². The molecule has 1 heterocycles. The van der Waals surface area contributed by atoms with Gasteiger partial charge in [0.2, 0.25) is 5.91 Å². The fraction of sp³-hybridized carbons (Fsp3) is 0.385. The third-order valence-electron chi connectivity index (χ3n) is 3.22. The number of nitrogens with one attached hydrogen (secondary N) is 1. The first-order valence-electron chi connectivity index (χ1n) is 6.03. The fourth-order valence-corrected chi connectivity index (χ4v) is 2.05. The molecule has 0 spiro atoms. The molecule has 2 rings (SSSR count).